The summed E-state index contributed by atoms with van der Waals surface area (Å²) in [5.41, 5.74) is 1.84. The molecule has 3 rings (SSSR count). The van der Waals surface area contributed by atoms with Gasteiger partial charge in [0.25, 0.3) is 11.1 Å². The van der Waals surface area contributed by atoms with E-state index in [4.69, 9.17) is 9.47 Å². The molecule has 1 aliphatic heterocycles. The number of nitrogens with zero attached hydrogens (tertiary/aromatic N) is 1. The molecule has 0 atom stereocenters. The van der Waals surface area contributed by atoms with Gasteiger partial charge in [-0.1, -0.05) is 36.4 Å². The molecule has 2 aromatic carbocycles. The molecular weight excluding hydrogens is 517 g/mol. The zero-order chi connectivity index (χ0) is 21.7. The van der Waals surface area contributed by atoms with Crippen molar-refractivity contribution in [2.24, 2.45) is 0 Å². The molecule has 0 aliphatic carbocycles. The Morgan fingerprint density at radius 3 is 2.57 bits per heavy atom. The summed E-state index contributed by atoms with van der Waals surface area (Å²) in [6, 6.07) is 15.4. The van der Waals surface area contributed by atoms with Gasteiger partial charge in [0.1, 0.15) is 18.9 Å². The lowest BCUT2D eigenvalue weighted by Gasteiger charge is -2.13. The van der Waals surface area contributed by atoms with Crippen molar-refractivity contribution in [2.75, 3.05) is 6.54 Å². The minimum atomic E-state index is -0.608. The van der Waals surface area contributed by atoms with Gasteiger partial charge in [-0.25, -0.2) is 0 Å². The van der Waals surface area contributed by atoms with Gasteiger partial charge in [-0.05, 0) is 77.5 Å². The highest BCUT2D eigenvalue weighted by Crippen LogP contribution is 2.33. The summed E-state index contributed by atoms with van der Waals surface area (Å²) in [6.45, 7) is 3.49. The summed E-state index contributed by atoms with van der Waals surface area (Å²) in [7, 11) is 0. The van der Waals surface area contributed by atoms with Crippen LogP contribution in [0.15, 0.2) is 53.4 Å². The van der Waals surface area contributed by atoms with Crippen molar-refractivity contribution in [1.82, 2.24) is 4.90 Å². The van der Waals surface area contributed by atoms with Gasteiger partial charge < -0.3 is 9.47 Å². The number of thioether (sulfide) groups is 1. The van der Waals surface area contributed by atoms with E-state index in [0.717, 1.165) is 37.1 Å². The third-order valence-corrected chi connectivity index (χ3v) is 5.77. The molecule has 1 saturated heterocycles. The molecule has 8 heteroatoms. The molecule has 1 fully saturated rings. The Balaban J connectivity index is 1.67. The number of carbonyl (C=O) groups is 3. The summed E-state index contributed by atoms with van der Waals surface area (Å²) >= 11 is 2.98. The zero-order valence-corrected chi connectivity index (χ0v) is 19.4. The number of esters is 1. The van der Waals surface area contributed by atoms with E-state index in [1.807, 2.05) is 48.5 Å². The predicted molar refractivity (Wildman–Crippen MR) is 124 cm³/mol. The maximum absolute atomic E-state index is 12.5. The quantitative estimate of drug-likeness (QED) is 0.286. The van der Waals surface area contributed by atoms with Gasteiger partial charge in [0.15, 0.2) is 0 Å². The molecule has 156 valence electrons. The summed E-state index contributed by atoms with van der Waals surface area (Å²) < 4.78 is 11.8. The smallest absolute Gasteiger partial charge is 0.326 e. The summed E-state index contributed by atoms with van der Waals surface area (Å²) in [5.74, 6) is -0.366. The van der Waals surface area contributed by atoms with Crippen LogP contribution in [-0.4, -0.2) is 34.7 Å². The van der Waals surface area contributed by atoms with Gasteiger partial charge >= 0.3 is 5.97 Å². The molecule has 30 heavy (non-hydrogen) atoms. The summed E-state index contributed by atoms with van der Waals surface area (Å²) in [5, 5.41) is -0.482. The van der Waals surface area contributed by atoms with Crippen molar-refractivity contribution >= 4 is 57.5 Å². The molecule has 6 nitrogen and oxygen atoms in total. The largest absolute Gasteiger partial charge is 0.488 e. The van der Waals surface area contributed by atoms with E-state index < -0.39 is 17.1 Å². The Labute approximate surface area is 192 Å². The molecule has 0 spiro atoms. The number of benzene rings is 2. The molecule has 0 saturated carbocycles. The van der Waals surface area contributed by atoms with Gasteiger partial charge in [0.05, 0.1) is 14.6 Å². The average molecular weight is 537 g/mol. The van der Waals surface area contributed by atoms with E-state index in [9.17, 15) is 14.4 Å². The number of imide groups is 1. The number of amides is 2. The maximum Gasteiger partial charge on any atom is 0.326 e. The van der Waals surface area contributed by atoms with Crippen LogP contribution in [0.3, 0.4) is 0 Å². The van der Waals surface area contributed by atoms with E-state index in [-0.39, 0.29) is 17.6 Å². The molecular formula is C22H20INO5S. The van der Waals surface area contributed by atoms with E-state index in [0.29, 0.717) is 6.61 Å². The monoisotopic (exact) mass is 537 g/mol. The van der Waals surface area contributed by atoms with Crippen molar-refractivity contribution in [3.63, 3.8) is 0 Å². The number of hydrogen-bond donors (Lipinski definition) is 0. The highest BCUT2D eigenvalue weighted by Gasteiger charge is 2.36. The average Bonchev–Trinajstić information content (AvgIpc) is 2.95. The number of carbonyl (C=O) groups excluding carboxylic acids is 3. The van der Waals surface area contributed by atoms with Crippen LogP contribution in [0.4, 0.5) is 4.79 Å². The molecule has 0 N–H and O–H groups in total. The van der Waals surface area contributed by atoms with Crippen molar-refractivity contribution in [3.8, 4) is 5.75 Å². The van der Waals surface area contributed by atoms with Crippen LogP contribution in [-0.2, 0) is 20.9 Å². The van der Waals surface area contributed by atoms with Crippen LogP contribution in [0.2, 0.25) is 0 Å². The Morgan fingerprint density at radius 1 is 1.17 bits per heavy atom. The number of rotatable bonds is 7. The highest BCUT2D eigenvalue weighted by atomic mass is 127. The lowest BCUT2D eigenvalue weighted by molar-refractivity contribution is -0.149. The molecule has 2 aromatic rings. The predicted octanol–water partition coefficient (Wildman–Crippen LogP) is 4.86. The van der Waals surface area contributed by atoms with Gasteiger partial charge in [-0.15, -0.1) is 0 Å². The topological polar surface area (TPSA) is 72.9 Å². The fourth-order valence-electron chi connectivity index (χ4n) is 2.68. The first-order valence-electron chi connectivity index (χ1n) is 9.24. The Hall–Kier alpha value is -2.33. The number of ether oxygens (including phenoxy) is 2. The van der Waals surface area contributed by atoms with E-state index in [1.165, 1.54) is 0 Å². The van der Waals surface area contributed by atoms with E-state index >= 15 is 0 Å². The Morgan fingerprint density at radius 2 is 1.90 bits per heavy atom. The maximum atomic E-state index is 12.5. The second kappa shape index (κ2) is 10.1. The third-order valence-electron chi connectivity index (χ3n) is 4.02. The van der Waals surface area contributed by atoms with Crippen LogP contribution in [0, 0.1) is 3.57 Å². The second-order valence-electron chi connectivity index (χ2n) is 6.77. The lowest BCUT2D eigenvalue weighted by atomic mass is 10.2. The third kappa shape index (κ3) is 5.85. The first-order valence-corrected chi connectivity index (χ1v) is 11.1. The Kier molecular flexibility index (Phi) is 7.54. The molecule has 1 aliphatic rings. The molecule has 0 aromatic heterocycles. The van der Waals surface area contributed by atoms with Gasteiger partial charge in [0.2, 0.25) is 0 Å². The first kappa shape index (κ1) is 22.4. The SMILES string of the molecule is CC(C)OC(=O)CN1C(=O)S/C(=C/c2ccc(OCc3ccccc3)c(I)c2)C1=O. The fourth-order valence-corrected chi connectivity index (χ4v) is 4.21. The fraction of sp³-hybridized carbons (Fsp3) is 0.227. The van der Waals surface area contributed by atoms with Crippen LogP contribution < -0.4 is 4.74 Å². The zero-order valence-electron chi connectivity index (χ0n) is 16.5. The lowest BCUT2D eigenvalue weighted by Crippen LogP contribution is -2.35. The van der Waals surface area contributed by atoms with E-state index in [2.05, 4.69) is 22.6 Å². The van der Waals surface area contributed by atoms with Crippen molar-refractivity contribution in [3.05, 3.63) is 68.1 Å². The van der Waals surface area contributed by atoms with Gasteiger partial charge in [-0.2, -0.15) is 0 Å². The molecule has 0 unspecified atom stereocenters. The number of hydrogen-bond acceptors (Lipinski definition) is 6. The van der Waals surface area contributed by atoms with Crippen LogP contribution in [0.5, 0.6) is 5.75 Å². The highest BCUT2D eigenvalue weighted by molar-refractivity contribution is 14.1. The summed E-state index contributed by atoms with van der Waals surface area (Å²) in [4.78, 5) is 37.7. The second-order valence-corrected chi connectivity index (χ2v) is 8.93. The molecule has 1 heterocycles. The van der Waals surface area contributed by atoms with Crippen LogP contribution in [0.1, 0.15) is 25.0 Å². The normalized spacial score (nSPS) is 15.2. The van der Waals surface area contributed by atoms with Crippen molar-refractivity contribution in [1.29, 1.82) is 0 Å². The summed E-state index contributed by atoms with van der Waals surface area (Å²) in [6.07, 6.45) is 1.33. The minimum absolute atomic E-state index is 0.270. The van der Waals surface area contributed by atoms with Gasteiger partial charge in [0, 0.05) is 0 Å². The van der Waals surface area contributed by atoms with Crippen molar-refractivity contribution < 1.29 is 23.9 Å². The van der Waals surface area contributed by atoms with E-state index in [1.54, 1.807) is 19.9 Å². The Bertz CT molecular complexity index is 990. The van der Waals surface area contributed by atoms with Crippen molar-refractivity contribution in [2.45, 2.75) is 26.6 Å². The van der Waals surface area contributed by atoms with Gasteiger partial charge in [-0.3, -0.25) is 19.3 Å². The van der Waals surface area contributed by atoms with Crippen LogP contribution in [0.25, 0.3) is 6.08 Å². The molecule has 0 radical (unpaired) electrons. The number of halogens is 1. The minimum Gasteiger partial charge on any atom is -0.488 e. The first-order chi connectivity index (χ1) is 14.3. The van der Waals surface area contributed by atoms with Crippen LogP contribution >= 0.6 is 34.4 Å². The molecule has 2 amide bonds. The standard InChI is InChI=1S/C22H20INO5S/c1-14(2)29-20(25)12-24-21(26)19(30-22(24)27)11-16-8-9-18(17(23)10-16)28-13-15-6-4-3-5-7-15/h3-11,14H,12-13H2,1-2H3/b19-11+. The molecule has 0 bridgehead atoms.